The first-order valence-corrected chi connectivity index (χ1v) is 8.27. The fourth-order valence-corrected chi connectivity index (χ4v) is 3.89. The molecule has 0 atom stereocenters. The lowest BCUT2D eigenvalue weighted by molar-refractivity contribution is -0.115. The highest BCUT2D eigenvalue weighted by Crippen LogP contribution is 2.49. The van der Waals surface area contributed by atoms with Crippen LogP contribution in [0.15, 0.2) is 57.2 Å². The maximum absolute atomic E-state index is 12.2. The standard InChI is InChI=1S/C15H9ClN2OS2/c16-8-15(19)18-11-3-1-2-4-13(11)21-14-7-10(20-9-17)5-6-12(14)18/h1-7H,8H2. The lowest BCUT2D eigenvalue weighted by atomic mass is 10.2. The van der Waals surface area contributed by atoms with Crippen LogP contribution in [0.1, 0.15) is 0 Å². The predicted molar refractivity (Wildman–Crippen MR) is 86.3 cm³/mol. The number of carbonyl (C=O) groups excluding carboxylic acids is 1. The van der Waals surface area contributed by atoms with Crippen LogP contribution in [0, 0.1) is 10.7 Å². The van der Waals surface area contributed by atoms with Crippen LogP contribution < -0.4 is 4.90 Å². The summed E-state index contributed by atoms with van der Waals surface area (Å²) in [5, 5.41) is 10.8. The van der Waals surface area contributed by atoms with Crippen molar-refractivity contribution in [1.82, 2.24) is 0 Å². The first-order valence-electron chi connectivity index (χ1n) is 6.10. The molecule has 0 unspecified atom stereocenters. The van der Waals surface area contributed by atoms with Gasteiger partial charge in [0.1, 0.15) is 11.3 Å². The molecule has 21 heavy (non-hydrogen) atoms. The quantitative estimate of drug-likeness (QED) is 0.457. The minimum absolute atomic E-state index is 0.0763. The van der Waals surface area contributed by atoms with Crippen molar-refractivity contribution in [1.29, 1.82) is 5.26 Å². The van der Waals surface area contributed by atoms with Crippen molar-refractivity contribution in [2.75, 3.05) is 10.8 Å². The van der Waals surface area contributed by atoms with Crippen molar-refractivity contribution < 1.29 is 4.79 Å². The van der Waals surface area contributed by atoms with Gasteiger partial charge in [-0.1, -0.05) is 23.9 Å². The van der Waals surface area contributed by atoms with Crippen molar-refractivity contribution in [2.45, 2.75) is 14.7 Å². The summed E-state index contributed by atoms with van der Waals surface area (Å²) < 4.78 is 0. The minimum Gasteiger partial charge on any atom is -0.278 e. The molecule has 0 radical (unpaired) electrons. The van der Waals surface area contributed by atoms with Crippen molar-refractivity contribution in [2.24, 2.45) is 0 Å². The van der Waals surface area contributed by atoms with E-state index in [4.69, 9.17) is 16.9 Å². The van der Waals surface area contributed by atoms with Gasteiger partial charge in [0.15, 0.2) is 0 Å². The molecular weight excluding hydrogens is 324 g/mol. The molecule has 1 aliphatic heterocycles. The Morgan fingerprint density at radius 2 is 2.00 bits per heavy atom. The van der Waals surface area contributed by atoms with E-state index in [1.54, 1.807) is 16.7 Å². The van der Waals surface area contributed by atoms with Crippen molar-refractivity contribution in [3.05, 3.63) is 42.5 Å². The highest BCUT2D eigenvalue weighted by atomic mass is 35.5. The number of rotatable bonds is 2. The largest absolute Gasteiger partial charge is 0.278 e. The zero-order valence-corrected chi connectivity index (χ0v) is 13.1. The molecule has 1 amide bonds. The van der Waals surface area contributed by atoms with Crippen LogP contribution in [-0.4, -0.2) is 11.8 Å². The molecule has 0 saturated heterocycles. The molecule has 0 bridgehead atoms. The van der Waals surface area contributed by atoms with Crippen molar-refractivity contribution in [3.63, 3.8) is 0 Å². The molecule has 0 spiro atoms. The highest BCUT2D eigenvalue weighted by molar-refractivity contribution is 8.03. The Hall–Kier alpha value is -1.61. The molecule has 0 N–H and O–H groups in total. The molecule has 1 heterocycles. The first kappa shape index (κ1) is 14.3. The summed E-state index contributed by atoms with van der Waals surface area (Å²) in [6.45, 7) is 0. The molecule has 0 aliphatic carbocycles. The number of alkyl halides is 1. The number of para-hydroxylation sites is 1. The summed E-state index contributed by atoms with van der Waals surface area (Å²) in [6, 6.07) is 13.4. The third-order valence-electron chi connectivity index (χ3n) is 3.03. The van der Waals surface area contributed by atoms with E-state index in [-0.39, 0.29) is 11.8 Å². The molecule has 0 fully saturated rings. The Morgan fingerprint density at radius 1 is 1.24 bits per heavy atom. The van der Waals surface area contributed by atoms with Gasteiger partial charge in [-0.25, -0.2) is 0 Å². The summed E-state index contributed by atoms with van der Waals surface area (Å²) in [5.74, 6) is -0.237. The lowest BCUT2D eigenvalue weighted by Gasteiger charge is -2.30. The van der Waals surface area contributed by atoms with E-state index in [0.717, 1.165) is 37.8 Å². The number of anilines is 2. The van der Waals surface area contributed by atoms with E-state index >= 15 is 0 Å². The van der Waals surface area contributed by atoms with Gasteiger partial charge in [0, 0.05) is 14.7 Å². The Kier molecular flexibility index (Phi) is 4.11. The number of fused-ring (bicyclic) bond motifs is 2. The molecule has 104 valence electrons. The average Bonchev–Trinajstić information content (AvgIpc) is 2.52. The highest BCUT2D eigenvalue weighted by Gasteiger charge is 2.27. The van der Waals surface area contributed by atoms with Gasteiger partial charge >= 0.3 is 0 Å². The van der Waals surface area contributed by atoms with E-state index in [9.17, 15) is 4.79 Å². The van der Waals surface area contributed by atoms with Gasteiger partial charge in [-0.05, 0) is 42.1 Å². The molecule has 6 heteroatoms. The number of nitrogens with zero attached hydrogens (tertiary/aromatic N) is 2. The fraction of sp³-hybridized carbons (Fsp3) is 0.0667. The number of hydrogen-bond acceptors (Lipinski definition) is 4. The van der Waals surface area contributed by atoms with Crippen LogP contribution in [0.25, 0.3) is 0 Å². The summed E-state index contributed by atoms with van der Waals surface area (Å²) in [7, 11) is 0. The SMILES string of the molecule is N#CSc1ccc2c(c1)Sc1ccccc1N2C(=O)CCl. The summed E-state index contributed by atoms with van der Waals surface area (Å²) >= 11 is 8.46. The maximum atomic E-state index is 12.2. The van der Waals surface area contributed by atoms with E-state index in [1.165, 1.54) is 0 Å². The van der Waals surface area contributed by atoms with Gasteiger partial charge in [0.25, 0.3) is 0 Å². The van der Waals surface area contributed by atoms with Crippen LogP contribution >= 0.6 is 35.1 Å². The number of hydrogen-bond donors (Lipinski definition) is 0. The molecule has 3 nitrogen and oxygen atoms in total. The minimum atomic E-state index is -0.161. The molecule has 3 rings (SSSR count). The number of thioether (sulfide) groups is 1. The van der Waals surface area contributed by atoms with Gasteiger partial charge in [-0.2, -0.15) is 5.26 Å². The van der Waals surface area contributed by atoms with Gasteiger partial charge < -0.3 is 0 Å². The molecule has 0 saturated carbocycles. The van der Waals surface area contributed by atoms with Gasteiger partial charge in [0.05, 0.1) is 11.4 Å². The normalized spacial score (nSPS) is 12.3. The van der Waals surface area contributed by atoms with Crippen LogP contribution in [0.3, 0.4) is 0 Å². The Morgan fingerprint density at radius 3 is 2.76 bits per heavy atom. The number of halogens is 1. The zero-order chi connectivity index (χ0) is 14.8. The third-order valence-corrected chi connectivity index (χ3v) is 4.95. The summed E-state index contributed by atoms with van der Waals surface area (Å²) in [6.07, 6.45) is 0. The van der Waals surface area contributed by atoms with Crippen LogP contribution in [0.4, 0.5) is 11.4 Å². The molecular formula is C15H9ClN2OS2. The van der Waals surface area contributed by atoms with Crippen LogP contribution in [0.5, 0.6) is 0 Å². The number of carbonyl (C=O) groups is 1. The number of thiocyanates is 1. The second kappa shape index (κ2) is 6.02. The van der Waals surface area contributed by atoms with Crippen molar-refractivity contribution >= 4 is 52.4 Å². The number of benzene rings is 2. The van der Waals surface area contributed by atoms with Crippen LogP contribution in [0.2, 0.25) is 0 Å². The third kappa shape index (κ3) is 2.62. The second-order valence-electron chi connectivity index (χ2n) is 4.26. The Bertz CT molecular complexity index is 758. The molecule has 1 aliphatic rings. The monoisotopic (exact) mass is 332 g/mol. The number of nitriles is 1. The Balaban J connectivity index is 2.14. The fourth-order valence-electron chi connectivity index (χ4n) is 2.18. The second-order valence-corrected chi connectivity index (χ2v) is 6.46. The summed E-state index contributed by atoms with van der Waals surface area (Å²) in [4.78, 5) is 16.7. The lowest BCUT2D eigenvalue weighted by Crippen LogP contribution is -2.29. The molecule has 2 aromatic carbocycles. The first-order chi connectivity index (χ1) is 10.2. The average molecular weight is 333 g/mol. The number of amides is 1. The predicted octanol–water partition coefficient (Wildman–Crippen LogP) is 4.63. The topological polar surface area (TPSA) is 44.1 Å². The van der Waals surface area contributed by atoms with E-state index in [2.05, 4.69) is 5.40 Å². The zero-order valence-electron chi connectivity index (χ0n) is 10.7. The van der Waals surface area contributed by atoms with Gasteiger partial charge in [-0.15, -0.1) is 11.6 Å². The van der Waals surface area contributed by atoms with Gasteiger partial charge in [-0.3, -0.25) is 9.69 Å². The van der Waals surface area contributed by atoms with Crippen LogP contribution in [-0.2, 0) is 4.79 Å². The maximum Gasteiger partial charge on any atom is 0.246 e. The smallest absolute Gasteiger partial charge is 0.246 e. The van der Waals surface area contributed by atoms with E-state index < -0.39 is 0 Å². The molecule has 0 aromatic heterocycles. The summed E-state index contributed by atoms with van der Waals surface area (Å²) in [5.41, 5.74) is 1.66. The van der Waals surface area contributed by atoms with Crippen molar-refractivity contribution in [3.8, 4) is 5.40 Å². The van der Waals surface area contributed by atoms with Gasteiger partial charge in [0.2, 0.25) is 5.91 Å². The van der Waals surface area contributed by atoms with E-state index in [1.807, 2.05) is 42.5 Å². The molecule has 2 aromatic rings. The van der Waals surface area contributed by atoms with E-state index in [0.29, 0.717) is 0 Å². The Labute approximate surface area is 135 Å².